The van der Waals surface area contributed by atoms with Crippen LogP contribution in [-0.4, -0.2) is 36.8 Å². The molecule has 1 aromatic heterocycles. The number of nitrogens with zero attached hydrogens (tertiary/aromatic N) is 2. The summed E-state index contributed by atoms with van der Waals surface area (Å²) in [6.45, 7) is 4.83. The number of sulfonamides is 1. The Kier molecular flexibility index (Phi) is 4.23. The fourth-order valence-electron chi connectivity index (χ4n) is 1.77. The largest absolute Gasteiger partial charge is 0.310 e. The first kappa shape index (κ1) is 14.4. The van der Waals surface area contributed by atoms with E-state index in [0.717, 1.165) is 18.4 Å². The molecule has 2 rings (SSSR count). The molecule has 19 heavy (non-hydrogen) atoms. The van der Waals surface area contributed by atoms with Gasteiger partial charge in [0.05, 0.1) is 0 Å². The third kappa shape index (κ3) is 3.52. The molecule has 5 nitrogen and oxygen atoms in total. The molecule has 6 heteroatoms. The molecular weight excluding hydrogens is 262 g/mol. The summed E-state index contributed by atoms with van der Waals surface area (Å²) in [7, 11) is -1.79. The molecule has 0 atom stereocenters. The number of rotatable bonds is 6. The second kappa shape index (κ2) is 5.56. The van der Waals surface area contributed by atoms with Gasteiger partial charge in [-0.05, 0) is 24.5 Å². The van der Waals surface area contributed by atoms with Gasteiger partial charge in [-0.15, -0.1) is 0 Å². The third-order valence-corrected chi connectivity index (χ3v) is 5.04. The van der Waals surface area contributed by atoms with Gasteiger partial charge in [-0.25, -0.2) is 13.4 Å². The summed E-state index contributed by atoms with van der Waals surface area (Å²) in [4.78, 5) is 4.09. The highest BCUT2D eigenvalue weighted by Crippen LogP contribution is 2.29. The minimum absolute atomic E-state index is 0.134. The molecule has 0 aliphatic heterocycles. The zero-order valence-corrected chi connectivity index (χ0v) is 12.4. The van der Waals surface area contributed by atoms with Crippen LogP contribution >= 0.6 is 0 Å². The number of pyridine rings is 1. The van der Waals surface area contributed by atoms with Crippen molar-refractivity contribution in [2.45, 2.75) is 50.3 Å². The Morgan fingerprint density at radius 2 is 2.11 bits per heavy atom. The summed E-state index contributed by atoms with van der Waals surface area (Å²) < 4.78 is 25.9. The van der Waals surface area contributed by atoms with Crippen LogP contribution in [-0.2, 0) is 16.6 Å². The van der Waals surface area contributed by atoms with Crippen molar-refractivity contribution in [1.29, 1.82) is 0 Å². The molecule has 1 aromatic rings. The fourth-order valence-corrected chi connectivity index (χ4v) is 3.10. The summed E-state index contributed by atoms with van der Waals surface area (Å²) >= 11 is 0. The van der Waals surface area contributed by atoms with E-state index in [9.17, 15) is 8.42 Å². The zero-order chi connectivity index (χ0) is 14.0. The molecule has 0 spiro atoms. The highest BCUT2D eigenvalue weighted by atomic mass is 32.2. The molecule has 1 heterocycles. The van der Waals surface area contributed by atoms with Crippen molar-refractivity contribution < 1.29 is 8.42 Å². The van der Waals surface area contributed by atoms with Crippen molar-refractivity contribution >= 4 is 10.0 Å². The van der Waals surface area contributed by atoms with E-state index in [0.29, 0.717) is 12.6 Å². The normalized spacial score (nSPS) is 16.3. The van der Waals surface area contributed by atoms with E-state index in [1.54, 1.807) is 19.3 Å². The zero-order valence-electron chi connectivity index (χ0n) is 11.6. The van der Waals surface area contributed by atoms with Gasteiger partial charge in [-0.2, -0.15) is 4.31 Å². The van der Waals surface area contributed by atoms with Gasteiger partial charge in [0.25, 0.3) is 10.0 Å². The minimum Gasteiger partial charge on any atom is -0.310 e. The Labute approximate surface area is 115 Å². The monoisotopic (exact) mass is 283 g/mol. The van der Waals surface area contributed by atoms with Crippen LogP contribution in [0, 0.1) is 0 Å². The topological polar surface area (TPSA) is 62.3 Å². The summed E-state index contributed by atoms with van der Waals surface area (Å²) in [5, 5.41) is 3.41. The van der Waals surface area contributed by atoms with E-state index in [-0.39, 0.29) is 11.1 Å². The van der Waals surface area contributed by atoms with Crippen LogP contribution in [0.25, 0.3) is 0 Å². The van der Waals surface area contributed by atoms with E-state index < -0.39 is 10.0 Å². The highest BCUT2D eigenvalue weighted by molar-refractivity contribution is 7.89. The van der Waals surface area contributed by atoms with E-state index in [1.807, 2.05) is 6.07 Å². The van der Waals surface area contributed by atoms with E-state index in [4.69, 9.17) is 0 Å². The summed E-state index contributed by atoms with van der Waals surface area (Å²) in [5.41, 5.74) is 0.988. The second-order valence-electron chi connectivity index (χ2n) is 5.29. The first-order valence-corrected chi connectivity index (χ1v) is 8.01. The lowest BCUT2D eigenvalue weighted by atomic mass is 10.2. The van der Waals surface area contributed by atoms with Crippen LogP contribution in [0.15, 0.2) is 23.4 Å². The predicted molar refractivity (Wildman–Crippen MR) is 74.2 cm³/mol. The summed E-state index contributed by atoms with van der Waals surface area (Å²) in [6.07, 6.45) is 3.53. The lowest BCUT2D eigenvalue weighted by Gasteiger charge is -2.15. The van der Waals surface area contributed by atoms with E-state index >= 15 is 0 Å². The van der Waals surface area contributed by atoms with Gasteiger partial charge in [0.15, 0.2) is 5.03 Å². The summed E-state index contributed by atoms with van der Waals surface area (Å²) in [6, 6.07) is 3.96. The fraction of sp³-hybridized carbons (Fsp3) is 0.615. The molecule has 1 fully saturated rings. The Morgan fingerprint density at radius 1 is 1.42 bits per heavy atom. The number of hydrogen-bond acceptors (Lipinski definition) is 4. The second-order valence-corrected chi connectivity index (χ2v) is 7.24. The predicted octanol–water partition coefficient (Wildman–Crippen LogP) is 1.36. The van der Waals surface area contributed by atoms with Crippen molar-refractivity contribution in [3.05, 3.63) is 23.9 Å². The maximum atomic E-state index is 12.2. The lowest BCUT2D eigenvalue weighted by Crippen LogP contribution is -2.29. The smallest absolute Gasteiger partial charge is 0.260 e. The number of hydrogen-bond donors (Lipinski definition) is 1. The minimum atomic E-state index is -3.42. The quantitative estimate of drug-likeness (QED) is 0.856. The Bertz CT molecular complexity index is 521. The van der Waals surface area contributed by atoms with Crippen LogP contribution in [0.5, 0.6) is 0 Å². The van der Waals surface area contributed by atoms with E-state index in [1.165, 1.54) is 4.31 Å². The molecule has 0 unspecified atom stereocenters. The SMILES string of the molecule is CC(C)NCc1ccc(S(=O)(=O)N(C)C2CC2)nc1. The van der Waals surface area contributed by atoms with Gasteiger partial charge in [0.1, 0.15) is 0 Å². The van der Waals surface area contributed by atoms with Crippen molar-refractivity contribution in [2.75, 3.05) is 7.05 Å². The average molecular weight is 283 g/mol. The van der Waals surface area contributed by atoms with Crippen LogP contribution in [0.3, 0.4) is 0 Å². The molecule has 0 saturated heterocycles. The Morgan fingerprint density at radius 3 is 2.58 bits per heavy atom. The molecule has 1 aliphatic rings. The first-order valence-electron chi connectivity index (χ1n) is 6.57. The number of aromatic nitrogens is 1. The van der Waals surface area contributed by atoms with Crippen molar-refractivity contribution in [1.82, 2.24) is 14.6 Å². The Balaban J connectivity index is 2.09. The summed E-state index contributed by atoms with van der Waals surface area (Å²) in [5.74, 6) is 0. The molecule has 1 N–H and O–H groups in total. The van der Waals surface area contributed by atoms with Crippen LogP contribution in [0.4, 0.5) is 0 Å². The van der Waals surface area contributed by atoms with Crippen LogP contribution in [0.2, 0.25) is 0 Å². The average Bonchev–Trinajstić information content (AvgIpc) is 3.20. The standard InChI is InChI=1S/C13H21N3O2S/c1-10(2)14-8-11-4-7-13(15-9-11)19(17,18)16(3)12-5-6-12/h4,7,9-10,12,14H,5-6,8H2,1-3H3. The maximum absolute atomic E-state index is 12.2. The van der Waals surface area contributed by atoms with E-state index in [2.05, 4.69) is 24.1 Å². The molecule has 1 aliphatic carbocycles. The van der Waals surface area contributed by atoms with Gasteiger partial charge < -0.3 is 5.32 Å². The molecule has 0 radical (unpaired) electrons. The van der Waals surface area contributed by atoms with Gasteiger partial charge in [0.2, 0.25) is 0 Å². The number of nitrogens with one attached hydrogen (secondary N) is 1. The van der Waals surface area contributed by atoms with Gasteiger partial charge >= 0.3 is 0 Å². The molecule has 1 saturated carbocycles. The van der Waals surface area contributed by atoms with Crippen molar-refractivity contribution in [3.8, 4) is 0 Å². The van der Waals surface area contributed by atoms with Crippen LogP contribution in [0.1, 0.15) is 32.3 Å². The van der Waals surface area contributed by atoms with Gasteiger partial charge in [0, 0.05) is 31.9 Å². The van der Waals surface area contributed by atoms with Crippen LogP contribution < -0.4 is 5.32 Å². The molecule has 0 bridgehead atoms. The molecular formula is C13H21N3O2S. The molecule has 106 valence electrons. The van der Waals surface area contributed by atoms with Gasteiger partial charge in [-0.1, -0.05) is 19.9 Å². The molecule has 0 amide bonds. The third-order valence-electron chi connectivity index (χ3n) is 3.22. The van der Waals surface area contributed by atoms with Crippen molar-refractivity contribution in [2.24, 2.45) is 0 Å². The molecule has 0 aromatic carbocycles. The first-order chi connectivity index (χ1) is 8.91. The Hall–Kier alpha value is -0.980. The van der Waals surface area contributed by atoms with Gasteiger partial charge in [-0.3, -0.25) is 0 Å². The van der Waals surface area contributed by atoms with Crippen molar-refractivity contribution in [3.63, 3.8) is 0 Å². The lowest BCUT2D eigenvalue weighted by molar-refractivity contribution is 0.461. The highest BCUT2D eigenvalue weighted by Gasteiger charge is 2.35. The maximum Gasteiger partial charge on any atom is 0.260 e.